The van der Waals surface area contributed by atoms with Crippen LogP contribution in [-0.2, 0) is 5.41 Å². The lowest BCUT2D eigenvalue weighted by Gasteiger charge is -2.39. The molecule has 0 saturated carbocycles. The molecule has 290 valence electrons. The van der Waals surface area contributed by atoms with E-state index in [0.717, 1.165) is 89.6 Å². The smallest absolute Gasteiger partial charge is 0.164 e. The van der Waals surface area contributed by atoms with Crippen LogP contribution in [-0.4, -0.2) is 24.9 Å². The number of nitrogens with zero attached hydrogens (tertiary/aromatic N) is 5. The molecule has 1 aliphatic heterocycles. The topological polar surface area (TPSA) is 73.7 Å². The summed E-state index contributed by atoms with van der Waals surface area (Å²) in [6, 6.07) is 73.1. The van der Waals surface area contributed by atoms with Gasteiger partial charge in [-0.05, 0) is 46.5 Å². The summed E-state index contributed by atoms with van der Waals surface area (Å²) in [7, 11) is 0. The van der Waals surface area contributed by atoms with Crippen molar-refractivity contribution >= 4 is 0 Å². The van der Waals surface area contributed by atoms with Gasteiger partial charge in [-0.25, -0.2) is 24.9 Å². The van der Waals surface area contributed by atoms with Crippen LogP contribution in [0.3, 0.4) is 0 Å². The van der Waals surface area contributed by atoms with Crippen LogP contribution in [0.15, 0.2) is 212 Å². The van der Waals surface area contributed by atoms with Gasteiger partial charge in [0.1, 0.15) is 11.5 Å². The standard InChI is InChI=1S/C56H35N5O/c1-5-18-36(19-6-1)47-35-48(58-52(57-47)37-20-7-2-8-21-37)40-32-33-43-42(34-40)51-41(55-60-53(38-22-9-3-10-23-38)59-54(61-55)39-24-11-4-12-25-39)26-17-29-46(51)56(43)44-27-13-15-30-49(44)62-50-31-16-14-28-45(50)56/h1-35H. The maximum absolute atomic E-state index is 6.69. The van der Waals surface area contributed by atoms with Crippen LogP contribution in [0.2, 0.25) is 0 Å². The van der Waals surface area contributed by atoms with Crippen LogP contribution in [0.4, 0.5) is 0 Å². The molecule has 6 heteroatoms. The van der Waals surface area contributed by atoms with Gasteiger partial charge in [0.2, 0.25) is 0 Å². The minimum Gasteiger partial charge on any atom is -0.457 e. The summed E-state index contributed by atoms with van der Waals surface area (Å²) in [5.41, 5.74) is 13.2. The van der Waals surface area contributed by atoms with Crippen LogP contribution in [0.5, 0.6) is 11.5 Å². The predicted octanol–water partition coefficient (Wildman–Crippen LogP) is 13.1. The van der Waals surface area contributed by atoms with Crippen molar-refractivity contribution in [2.24, 2.45) is 0 Å². The van der Waals surface area contributed by atoms with E-state index in [2.05, 4.69) is 103 Å². The summed E-state index contributed by atoms with van der Waals surface area (Å²) in [6.45, 7) is 0. The third-order valence-electron chi connectivity index (χ3n) is 12.0. The molecule has 0 amide bonds. The molecule has 0 saturated heterocycles. The SMILES string of the molecule is c1ccc(-c2cc(-c3ccc4c(c3)-c3c(-c5nc(-c6ccccc6)nc(-c6ccccc6)n5)cccc3C43c4ccccc4Oc4ccccc43)nc(-c3ccccc3)n2)cc1. The Morgan fingerprint density at radius 1 is 0.290 bits per heavy atom. The number of fused-ring (bicyclic) bond motifs is 9. The fourth-order valence-corrected chi connectivity index (χ4v) is 9.30. The summed E-state index contributed by atoms with van der Waals surface area (Å²) < 4.78 is 6.69. The van der Waals surface area contributed by atoms with Gasteiger partial charge >= 0.3 is 0 Å². The summed E-state index contributed by atoms with van der Waals surface area (Å²) in [5, 5.41) is 0. The van der Waals surface area contributed by atoms with E-state index in [0.29, 0.717) is 23.3 Å². The van der Waals surface area contributed by atoms with Gasteiger partial charge in [-0.2, -0.15) is 0 Å². The highest BCUT2D eigenvalue weighted by Crippen LogP contribution is 2.63. The lowest BCUT2D eigenvalue weighted by Crippen LogP contribution is -2.32. The minimum absolute atomic E-state index is 0.594. The van der Waals surface area contributed by atoms with Crippen molar-refractivity contribution in [2.45, 2.75) is 5.41 Å². The molecule has 0 fully saturated rings. The van der Waals surface area contributed by atoms with E-state index in [-0.39, 0.29) is 0 Å². The van der Waals surface area contributed by atoms with Crippen LogP contribution >= 0.6 is 0 Å². The number of aromatic nitrogens is 5. The van der Waals surface area contributed by atoms with E-state index in [1.54, 1.807) is 0 Å². The lowest BCUT2D eigenvalue weighted by molar-refractivity contribution is 0.436. The monoisotopic (exact) mass is 793 g/mol. The van der Waals surface area contributed by atoms with Crippen molar-refractivity contribution in [3.8, 4) is 90.7 Å². The lowest BCUT2D eigenvalue weighted by atomic mass is 9.66. The molecule has 0 N–H and O–H groups in total. The average molecular weight is 794 g/mol. The Morgan fingerprint density at radius 3 is 1.31 bits per heavy atom. The van der Waals surface area contributed by atoms with Gasteiger partial charge < -0.3 is 4.74 Å². The molecule has 8 aromatic carbocycles. The molecule has 6 nitrogen and oxygen atoms in total. The summed E-state index contributed by atoms with van der Waals surface area (Å²) in [5.74, 6) is 4.13. The summed E-state index contributed by atoms with van der Waals surface area (Å²) in [4.78, 5) is 26.0. The first kappa shape index (κ1) is 35.6. The van der Waals surface area contributed by atoms with Gasteiger partial charge in [-0.3, -0.25) is 0 Å². The average Bonchev–Trinajstić information content (AvgIpc) is 3.65. The van der Waals surface area contributed by atoms with E-state index in [1.165, 1.54) is 0 Å². The minimum atomic E-state index is -0.710. The Hall–Kier alpha value is -8.35. The van der Waals surface area contributed by atoms with Crippen LogP contribution in [0.25, 0.3) is 79.2 Å². The highest BCUT2D eigenvalue weighted by Gasteiger charge is 2.52. The van der Waals surface area contributed by atoms with Gasteiger partial charge in [0, 0.05) is 44.5 Å². The number of ether oxygens (including phenoxy) is 1. The second kappa shape index (κ2) is 14.4. The second-order valence-electron chi connectivity index (χ2n) is 15.6. The van der Waals surface area contributed by atoms with Gasteiger partial charge in [0.15, 0.2) is 23.3 Å². The zero-order valence-electron chi connectivity index (χ0n) is 33.4. The molecule has 62 heavy (non-hydrogen) atoms. The predicted molar refractivity (Wildman–Crippen MR) is 245 cm³/mol. The first-order valence-corrected chi connectivity index (χ1v) is 20.8. The zero-order valence-corrected chi connectivity index (χ0v) is 33.4. The Labute approximate surface area is 359 Å². The molecular weight excluding hydrogens is 759 g/mol. The molecular formula is C56H35N5O. The largest absolute Gasteiger partial charge is 0.457 e. The molecule has 1 spiro atoms. The fraction of sp³-hybridized carbons (Fsp3) is 0.0179. The molecule has 2 aromatic heterocycles. The molecule has 10 aromatic rings. The Kier molecular flexibility index (Phi) is 8.28. The van der Waals surface area contributed by atoms with Crippen molar-refractivity contribution in [3.05, 3.63) is 235 Å². The highest BCUT2D eigenvalue weighted by molar-refractivity contribution is 5.97. The van der Waals surface area contributed by atoms with E-state index >= 15 is 0 Å². The normalized spacial score (nSPS) is 12.8. The van der Waals surface area contributed by atoms with E-state index in [9.17, 15) is 0 Å². The van der Waals surface area contributed by atoms with Crippen LogP contribution in [0.1, 0.15) is 22.3 Å². The van der Waals surface area contributed by atoms with E-state index < -0.39 is 5.41 Å². The third kappa shape index (κ3) is 5.69. The summed E-state index contributed by atoms with van der Waals surface area (Å²) in [6.07, 6.45) is 0. The van der Waals surface area contributed by atoms with Crippen molar-refractivity contribution < 1.29 is 4.74 Å². The molecule has 1 aliphatic carbocycles. The number of para-hydroxylation sites is 2. The van der Waals surface area contributed by atoms with Crippen molar-refractivity contribution in [1.82, 2.24) is 24.9 Å². The molecule has 12 rings (SSSR count). The van der Waals surface area contributed by atoms with Gasteiger partial charge in [-0.15, -0.1) is 0 Å². The Morgan fingerprint density at radius 2 is 0.742 bits per heavy atom. The molecule has 0 radical (unpaired) electrons. The first-order valence-electron chi connectivity index (χ1n) is 20.8. The number of rotatable bonds is 6. The third-order valence-corrected chi connectivity index (χ3v) is 12.0. The first-order chi connectivity index (χ1) is 30.7. The molecule has 0 bridgehead atoms. The maximum Gasteiger partial charge on any atom is 0.164 e. The quantitative estimate of drug-likeness (QED) is 0.167. The zero-order chi connectivity index (χ0) is 41.0. The second-order valence-corrected chi connectivity index (χ2v) is 15.6. The van der Waals surface area contributed by atoms with E-state index in [1.807, 2.05) is 109 Å². The molecule has 2 aliphatic rings. The number of hydrogen-bond donors (Lipinski definition) is 0. The van der Waals surface area contributed by atoms with Crippen LogP contribution < -0.4 is 4.74 Å². The summed E-state index contributed by atoms with van der Waals surface area (Å²) >= 11 is 0. The Balaban J connectivity index is 1.16. The van der Waals surface area contributed by atoms with Gasteiger partial charge in [-0.1, -0.05) is 188 Å². The van der Waals surface area contributed by atoms with E-state index in [4.69, 9.17) is 29.7 Å². The molecule has 3 heterocycles. The van der Waals surface area contributed by atoms with Crippen molar-refractivity contribution in [3.63, 3.8) is 0 Å². The number of hydrogen-bond acceptors (Lipinski definition) is 6. The van der Waals surface area contributed by atoms with Crippen LogP contribution in [0, 0.1) is 0 Å². The molecule has 0 unspecified atom stereocenters. The van der Waals surface area contributed by atoms with Crippen molar-refractivity contribution in [2.75, 3.05) is 0 Å². The number of benzene rings is 8. The highest BCUT2D eigenvalue weighted by atomic mass is 16.5. The maximum atomic E-state index is 6.69. The Bertz CT molecular complexity index is 3160. The van der Waals surface area contributed by atoms with Crippen molar-refractivity contribution in [1.29, 1.82) is 0 Å². The molecule has 0 atom stereocenters. The fourth-order valence-electron chi connectivity index (χ4n) is 9.30. The van der Waals surface area contributed by atoms with Gasteiger partial charge in [0.05, 0.1) is 16.8 Å². The van der Waals surface area contributed by atoms with Gasteiger partial charge in [0.25, 0.3) is 0 Å².